The number of nitrogens with one attached hydrogen (secondary N) is 1. The van der Waals surface area contributed by atoms with Crippen LogP contribution < -0.4 is 5.32 Å². The fourth-order valence-electron chi connectivity index (χ4n) is 2.34. The van der Waals surface area contributed by atoms with E-state index in [1.165, 1.54) is 4.90 Å². The molecule has 122 valence electrons. The molecule has 0 spiro atoms. The van der Waals surface area contributed by atoms with Crippen molar-refractivity contribution in [2.24, 2.45) is 0 Å². The van der Waals surface area contributed by atoms with Gasteiger partial charge in [-0.2, -0.15) is 0 Å². The number of amides is 2. The number of ether oxygens (including phenoxy) is 1. The molecule has 1 aliphatic rings. The first-order valence-electron chi connectivity index (χ1n) is 7.39. The number of nitrogens with zero attached hydrogens (tertiary/aromatic N) is 2. The van der Waals surface area contributed by atoms with Gasteiger partial charge in [-0.25, -0.2) is 0 Å². The Kier molecular flexibility index (Phi) is 4.55. The van der Waals surface area contributed by atoms with Crippen LogP contribution in [0.4, 0.5) is 5.82 Å². The van der Waals surface area contributed by atoms with E-state index in [1.54, 1.807) is 6.07 Å². The first kappa shape index (κ1) is 16.5. The highest BCUT2D eigenvalue weighted by molar-refractivity contribution is 6.39. The number of aromatic nitrogens is 1. The SMILES string of the molecule is CC1CN(C(=O)C(=O)Nc2cc(C(C)(C)C)on2)CC(C)O1. The molecule has 0 aromatic carbocycles. The fourth-order valence-corrected chi connectivity index (χ4v) is 2.34. The third-order valence-electron chi connectivity index (χ3n) is 3.39. The molecule has 0 radical (unpaired) electrons. The number of rotatable bonds is 1. The standard InChI is InChI=1S/C15H23N3O4/c1-9-7-18(8-10(2)21-9)14(20)13(19)16-12-6-11(22-17-12)15(3,4)5/h6,9-10H,7-8H2,1-5H3,(H,16,17,19). The van der Waals surface area contributed by atoms with Crippen LogP contribution in [-0.4, -0.2) is 47.2 Å². The molecule has 1 N–H and O–H groups in total. The van der Waals surface area contributed by atoms with E-state index in [2.05, 4.69) is 10.5 Å². The monoisotopic (exact) mass is 309 g/mol. The maximum absolute atomic E-state index is 12.2. The molecule has 1 fully saturated rings. The number of carbonyl (C=O) groups excluding carboxylic acids is 2. The minimum Gasteiger partial charge on any atom is -0.372 e. The lowest BCUT2D eigenvalue weighted by molar-refractivity contribution is -0.151. The van der Waals surface area contributed by atoms with Crippen molar-refractivity contribution in [2.45, 2.75) is 52.2 Å². The molecule has 0 bridgehead atoms. The van der Waals surface area contributed by atoms with Gasteiger partial charge >= 0.3 is 11.8 Å². The second-order valence-corrected chi connectivity index (χ2v) is 6.75. The van der Waals surface area contributed by atoms with Crippen LogP contribution in [0.5, 0.6) is 0 Å². The number of carbonyl (C=O) groups is 2. The molecule has 2 amide bonds. The Balaban J connectivity index is 1.99. The minimum absolute atomic E-state index is 0.0833. The largest absolute Gasteiger partial charge is 0.372 e. The molecule has 22 heavy (non-hydrogen) atoms. The summed E-state index contributed by atoms with van der Waals surface area (Å²) >= 11 is 0. The molecular formula is C15H23N3O4. The normalized spacial score (nSPS) is 22.5. The molecule has 1 aliphatic heterocycles. The van der Waals surface area contributed by atoms with Gasteiger partial charge in [-0.05, 0) is 13.8 Å². The predicted molar refractivity (Wildman–Crippen MR) is 80.4 cm³/mol. The third kappa shape index (κ3) is 3.85. The maximum atomic E-state index is 12.2. The van der Waals surface area contributed by atoms with E-state index in [9.17, 15) is 9.59 Å². The summed E-state index contributed by atoms with van der Waals surface area (Å²) in [5.74, 6) is -0.404. The van der Waals surface area contributed by atoms with E-state index in [-0.39, 0.29) is 23.4 Å². The van der Waals surface area contributed by atoms with Gasteiger partial charge in [0.25, 0.3) is 0 Å². The molecule has 1 aromatic heterocycles. The predicted octanol–water partition coefficient (Wildman–Crippen LogP) is 1.55. The second kappa shape index (κ2) is 6.08. The van der Waals surface area contributed by atoms with Crippen molar-refractivity contribution in [3.63, 3.8) is 0 Å². The smallest absolute Gasteiger partial charge is 0.315 e. The van der Waals surface area contributed by atoms with Crippen molar-refractivity contribution in [3.05, 3.63) is 11.8 Å². The van der Waals surface area contributed by atoms with E-state index in [1.807, 2.05) is 34.6 Å². The lowest BCUT2D eigenvalue weighted by atomic mass is 9.93. The Morgan fingerprint density at radius 3 is 2.36 bits per heavy atom. The number of morpholine rings is 1. The highest BCUT2D eigenvalue weighted by atomic mass is 16.5. The second-order valence-electron chi connectivity index (χ2n) is 6.75. The molecule has 0 aliphatic carbocycles. The Morgan fingerprint density at radius 1 is 1.27 bits per heavy atom. The van der Waals surface area contributed by atoms with Crippen LogP contribution in [0.15, 0.2) is 10.6 Å². The average molecular weight is 309 g/mol. The van der Waals surface area contributed by atoms with E-state index in [4.69, 9.17) is 9.26 Å². The highest BCUT2D eigenvalue weighted by Crippen LogP contribution is 2.24. The molecule has 2 atom stereocenters. The van der Waals surface area contributed by atoms with Crippen LogP contribution in [0.2, 0.25) is 0 Å². The first-order chi connectivity index (χ1) is 10.2. The summed E-state index contributed by atoms with van der Waals surface area (Å²) < 4.78 is 10.7. The summed E-state index contributed by atoms with van der Waals surface area (Å²) in [6, 6.07) is 1.63. The van der Waals surface area contributed by atoms with Crippen molar-refractivity contribution >= 4 is 17.6 Å². The topological polar surface area (TPSA) is 84.7 Å². The molecule has 7 nitrogen and oxygen atoms in total. The van der Waals surface area contributed by atoms with Crippen LogP contribution in [0.25, 0.3) is 0 Å². The van der Waals surface area contributed by atoms with Gasteiger partial charge in [-0.3, -0.25) is 14.9 Å². The third-order valence-corrected chi connectivity index (χ3v) is 3.39. The zero-order valence-electron chi connectivity index (χ0n) is 13.7. The highest BCUT2D eigenvalue weighted by Gasteiger charge is 2.30. The molecular weight excluding hydrogens is 286 g/mol. The van der Waals surface area contributed by atoms with Crippen LogP contribution in [-0.2, 0) is 19.7 Å². The zero-order valence-corrected chi connectivity index (χ0v) is 13.7. The quantitative estimate of drug-likeness (QED) is 0.796. The Hall–Kier alpha value is -1.89. The molecule has 0 saturated carbocycles. The van der Waals surface area contributed by atoms with E-state index in [0.29, 0.717) is 18.8 Å². The molecule has 7 heteroatoms. The average Bonchev–Trinajstić information content (AvgIpc) is 2.85. The summed E-state index contributed by atoms with van der Waals surface area (Å²) in [6.07, 6.45) is -0.167. The van der Waals surface area contributed by atoms with Gasteiger partial charge in [0.15, 0.2) is 5.82 Å². The van der Waals surface area contributed by atoms with Crippen molar-refractivity contribution in [3.8, 4) is 0 Å². The summed E-state index contributed by atoms with van der Waals surface area (Å²) in [5.41, 5.74) is -0.213. The van der Waals surface area contributed by atoms with Crippen molar-refractivity contribution in [1.29, 1.82) is 0 Å². The maximum Gasteiger partial charge on any atom is 0.315 e. The number of anilines is 1. The van der Waals surface area contributed by atoms with Gasteiger partial charge in [-0.1, -0.05) is 25.9 Å². The first-order valence-corrected chi connectivity index (χ1v) is 7.39. The van der Waals surface area contributed by atoms with Gasteiger partial charge < -0.3 is 14.2 Å². The van der Waals surface area contributed by atoms with Gasteiger partial charge in [-0.15, -0.1) is 0 Å². The molecule has 1 saturated heterocycles. The van der Waals surface area contributed by atoms with Gasteiger partial charge in [0.05, 0.1) is 12.2 Å². The number of hydrogen-bond donors (Lipinski definition) is 1. The molecule has 2 unspecified atom stereocenters. The minimum atomic E-state index is -0.713. The van der Waals surface area contributed by atoms with Gasteiger partial charge in [0.2, 0.25) is 0 Å². The zero-order chi connectivity index (χ0) is 16.5. The molecule has 1 aromatic rings. The van der Waals surface area contributed by atoms with Crippen LogP contribution in [0, 0.1) is 0 Å². The molecule has 2 heterocycles. The van der Waals surface area contributed by atoms with Crippen molar-refractivity contribution < 1.29 is 18.8 Å². The summed E-state index contributed by atoms with van der Waals surface area (Å²) in [6.45, 7) is 10.5. The summed E-state index contributed by atoms with van der Waals surface area (Å²) in [5, 5.41) is 6.26. The lowest BCUT2D eigenvalue weighted by Crippen LogP contribution is -2.51. The van der Waals surface area contributed by atoms with Crippen LogP contribution >= 0.6 is 0 Å². The van der Waals surface area contributed by atoms with Crippen LogP contribution in [0.3, 0.4) is 0 Å². The van der Waals surface area contributed by atoms with Crippen molar-refractivity contribution in [2.75, 3.05) is 18.4 Å². The van der Waals surface area contributed by atoms with E-state index >= 15 is 0 Å². The Bertz CT molecular complexity index is 551. The van der Waals surface area contributed by atoms with Gasteiger partial charge in [0, 0.05) is 24.6 Å². The summed E-state index contributed by atoms with van der Waals surface area (Å²) in [4.78, 5) is 25.8. The molecule has 2 rings (SSSR count). The van der Waals surface area contributed by atoms with E-state index < -0.39 is 11.8 Å². The van der Waals surface area contributed by atoms with E-state index in [0.717, 1.165) is 0 Å². The fraction of sp³-hybridized carbons (Fsp3) is 0.667. The lowest BCUT2D eigenvalue weighted by Gasteiger charge is -2.34. The number of hydrogen-bond acceptors (Lipinski definition) is 5. The Morgan fingerprint density at radius 2 is 1.86 bits per heavy atom. The van der Waals surface area contributed by atoms with Gasteiger partial charge in [0.1, 0.15) is 5.76 Å². The van der Waals surface area contributed by atoms with Crippen LogP contribution in [0.1, 0.15) is 40.4 Å². The Labute approximate surface area is 130 Å². The summed E-state index contributed by atoms with van der Waals surface area (Å²) in [7, 11) is 0. The van der Waals surface area contributed by atoms with Crippen molar-refractivity contribution in [1.82, 2.24) is 10.1 Å².